The highest BCUT2D eigenvalue weighted by Gasteiger charge is 2.02. The molecule has 1 rings (SSSR count). The lowest BCUT2D eigenvalue weighted by molar-refractivity contribution is 0.318. The highest BCUT2D eigenvalue weighted by molar-refractivity contribution is 7.88. The van der Waals surface area contributed by atoms with Crippen molar-refractivity contribution in [2.45, 2.75) is 6.92 Å². The maximum absolute atomic E-state index is 10.8. The van der Waals surface area contributed by atoms with Gasteiger partial charge in [-0.2, -0.15) is 5.10 Å². The fourth-order valence-electron chi connectivity index (χ4n) is 1.08. The zero-order valence-electron chi connectivity index (χ0n) is 9.54. The SMILES string of the molecule is CCOc1cc(/C=N\NS(C)(=O)=O)ccc1O. The smallest absolute Gasteiger partial charge is 0.244 e. The van der Waals surface area contributed by atoms with E-state index >= 15 is 0 Å². The summed E-state index contributed by atoms with van der Waals surface area (Å²) in [6.07, 6.45) is 2.33. The fourth-order valence-corrected chi connectivity index (χ4v) is 1.32. The summed E-state index contributed by atoms with van der Waals surface area (Å²) in [7, 11) is -3.35. The van der Waals surface area contributed by atoms with Crippen LogP contribution in [0.5, 0.6) is 11.5 Å². The summed E-state index contributed by atoms with van der Waals surface area (Å²) >= 11 is 0. The van der Waals surface area contributed by atoms with Gasteiger partial charge in [-0.15, -0.1) is 0 Å². The van der Waals surface area contributed by atoms with Gasteiger partial charge in [-0.3, -0.25) is 0 Å². The number of hydrazone groups is 1. The third kappa shape index (κ3) is 4.73. The molecule has 7 heteroatoms. The Balaban J connectivity index is 2.82. The van der Waals surface area contributed by atoms with Crippen LogP contribution in [0.3, 0.4) is 0 Å². The predicted molar refractivity (Wildman–Crippen MR) is 64.8 cm³/mol. The second-order valence-electron chi connectivity index (χ2n) is 3.28. The Hall–Kier alpha value is -1.76. The standard InChI is InChI=1S/C10H14N2O4S/c1-3-16-10-6-8(4-5-9(10)13)7-11-12-17(2,14)15/h4-7,12-13H,3H2,1-2H3/b11-7-. The zero-order chi connectivity index (χ0) is 12.9. The van der Waals surface area contributed by atoms with Crippen LogP contribution >= 0.6 is 0 Å². The topological polar surface area (TPSA) is 88.0 Å². The molecule has 0 radical (unpaired) electrons. The molecule has 0 fully saturated rings. The monoisotopic (exact) mass is 258 g/mol. The molecule has 0 aromatic heterocycles. The van der Waals surface area contributed by atoms with E-state index in [9.17, 15) is 13.5 Å². The Morgan fingerprint density at radius 2 is 2.24 bits per heavy atom. The Labute approximate surface area is 100.0 Å². The van der Waals surface area contributed by atoms with Crippen LogP contribution in [0.2, 0.25) is 0 Å². The minimum Gasteiger partial charge on any atom is -0.504 e. The van der Waals surface area contributed by atoms with Gasteiger partial charge < -0.3 is 9.84 Å². The van der Waals surface area contributed by atoms with Crippen LogP contribution in [0.4, 0.5) is 0 Å². The number of ether oxygens (including phenoxy) is 1. The van der Waals surface area contributed by atoms with Gasteiger partial charge in [-0.05, 0) is 30.7 Å². The van der Waals surface area contributed by atoms with Crippen LogP contribution in [-0.2, 0) is 10.0 Å². The second-order valence-corrected chi connectivity index (χ2v) is 5.01. The van der Waals surface area contributed by atoms with Crippen LogP contribution in [0, 0.1) is 0 Å². The van der Waals surface area contributed by atoms with Gasteiger partial charge in [-0.1, -0.05) is 0 Å². The van der Waals surface area contributed by atoms with E-state index < -0.39 is 10.0 Å². The largest absolute Gasteiger partial charge is 0.504 e. The minimum absolute atomic E-state index is 0.0278. The summed E-state index contributed by atoms with van der Waals surface area (Å²) in [5.41, 5.74) is 0.613. The Bertz CT molecular complexity index is 511. The first-order valence-corrected chi connectivity index (χ1v) is 6.77. The second kappa shape index (κ2) is 5.53. The van der Waals surface area contributed by atoms with Crippen LogP contribution < -0.4 is 9.57 Å². The summed E-state index contributed by atoms with van der Waals surface area (Å²) in [5.74, 6) is 0.357. The van der Waals surface area contributed by atoms with E-state index in [0.29, 0.717) is 17.9 Å². The Kier molecular flexibility index (Phi) is 4.33. The highest BCUT2D eigenvalue weighted by Crippen LogP contribution is 2.25. The van der Waals surface area contributed by atoms with Gasteiger partial charge in [0.15, 0.2) is 11.5 Å². The molecule has 0 saturated heterocycles. The van der Waals surface area contributed by atoms with E-state index in [4.69, 9.17) is 4.74 Å². The van der Waals surface area contributed by atoms with Crippen molar-refractivity contribution in [1.82, 2.24) is 4.83 Å². The number of nitrogens with one attached hydrogen (secondary N) is 1. The molecule has 6 nitrogen and oxygen atoms in total. The molecule has 0 aliphatic heterocycles. The molecular weight excluding hydrogens is 244 g/mol. The van der Waals surface area contributed by atoms with E-state index in [0.717, 1.165) is 6.26 Å². The molecule has 0 aliphatic rings. The molecule has 0 aliphatic carbocycles. The number of benzene rings is 1. The molecule has 0 spiro atoms. The van der Waals surface area contributed by atoms with Crippen molar-refractivity contribution in [3.63, 3.8) is 0 Å². The molecule has 1 aromatic carbocycles. The Morgan fingerprint density at radius 1 is 1.53 bits per heavy atom. The minimum atomic E-state index is -3.35. The first kappa shape index (κ1) is 13.3. The molecule has 0 saturated carbocycles. The molecule has 0 bridgehead atoms. The summed E-state index contributed by atoms with van der Waals surface area (Å²) in [6.45, 7) is 2.22. The van der Waals surface area contributed by atoms with Gasteiger partial charge in [0.1, 0.15) is 0 Å². The first-order valence-electron chi connectivity index (χ1n) is 4.88. The summed E-state index contributed by atoms with van der Waals surface area (Å²) in [6, 6.07) is 4.60. The number of phenolic OH excluding ortho intramolecular Hbond substituents is 1. The summed E-state index contributed by atoms with van der Waals surface area (Å²) in [4.78, 5) is 1.97. The van der Waals surface area contributed by atoms with Crippen LogP contribution in [-0.4, -0.2) is 32.6 Å². The molecule has 17 heavy (non-hydrogen) atoms. The highest BCUT2D eigenvalue weighted by atomic mass is 32.2. The molecule has 0 unspecified atom stereocenters. The zero-order valence-corrected chi connectivity index (χ0v) is 10.4. The lowest BCUT2D eigenvalue weighted by Gasteiger charge is -2.05. The number of hydrogen-bond donors (Lipinski definition) is 2. The summed E-state index contributed by atoms with van der Waals surface area (Å²) in [5, 5.41) is 13.0. The Morgan fingerprint density at radius 3 is 2.82 bits per heavy atom. The lowest BCUT2D eigenvalue weighted by Crippen LogP contribution is -2.15. The van der Waals surface area contributed by atoms with Crippen molar-refractivity contribution < 1.29 is 18.3 Å². The average Bonchev–Trinajstić information content (AvgIpc) is 2.21. The molecular formula is C10H14N2O4S. The van der Waals surface area contributed by atoms with Gasteiger partial charge in [0.05, 0.1) is 19.1 Å². The van der Waals surface area contributed by atoms with Crippen molar-refractivity contribution >= 4 is 16.2 Å². The quantitative estimate of drug-likeness (QED) is 0.600. The number of rotatable bonds is 5. The van der Waals surface area contributed by atoms with Crippen LogP contribution in [0.1, 0.15) is 12.5 Å². The van der Waals surface area contributed by atoms with Gasteiger partial charge in [0.2, 0.25) is 10.0 Å². The number of phenols is 1. The molecule has 0 amide bonds. The van der Waals surface area contributed by atoms with E-state index in [1.54, 1.807) is 19.1 Å². The van der Waals surface area contributed by atoms with Crippen molar-refractivity contribution in [3.8, 4) is 11.5 Å². The molecule has 2 N–H and O–H groups in total. The number of aromatic hydroxyl groups is 1. The molecule has 1 aromatic rings. The van der Waals surface area contributed by atoms with Crippen LogP contribution in [0.15, 0.2) is 23.3 Å². The molecule has 0 atom stereocenters. The normalized spacial score (nSPS) is 11.6. The maximum atomic E-state index is 10.8. The van der Waals surface area contributed by atoms with E-state index in [1.807, 2.05) is 4.83 Å². The number of hydrogen-bond acceptors (Lipinski definition) is 5. The van der Waals surface area contributed by atoms with Gasteiger partial charge in [-0.25, -0.2) is 13.2 Å². The van der Waals surface area contributed by atoms with E-state index in [-0.39, 0.29) is 5.75 Å². The third-order valence-electron chi connectivity index (χ3n) is 1.72. The molecule has 94 valence electrons. The van der Waals surface area contributed by atoms with Crippen LogP contribution in [0.25, 0.3) is 0 Å². The van der Waals surface area contributed by atoms with Gasteiger partial charge in [0, 0.05) is 0 Å². The average molecular weight is 258 g/mol. The third-order valence-corrected chi connectivity index (χ3v) is 2.15. The maximum Gasteiger partial charge on any atom is 0.244 e. The van der Waals surface area contributed by atoms with Crippen molar-refractivity contribution in [2.75, 3.05) is 12.9 Å². The number of sulfonamides is 1. The van der Waals surface area contributed by atoms with Gasteiger partial charge >= 0.3 is 0 Å². The molecule has 0 heterocycles. The number of nitrogens with zero attached hydrogens (tertiary/aromatic N) is 1. The van der Waals surface area contributed by atoms with Gasteiger partial charge in [0.25, 0.3) is 0 Å². The van der Waals surface area contributed by atoms with E-state index in [2.05, 4.69) is 5.10 Å². The van der Waals surface area contributed by atoms with Crippen molar-refractivity contribution in [2.24, 2.45) is 5.10 Å². The summed E-state index contributed by atoms with van der Waals surface area (Å²) < 4.78 is 26.7. The fraction of sp³-hybridized carbons (Fsp3) is 0.300. The van der Waals surface area contributed by atoms with E-state index in [1.165, 1.54) is 12.3 Å². The first-order chi connectivity index (χ1) is 7.92. The lowest BCUT2D eigenvalue weighted by atomic mass is 10.2. The predicted octanol–water partition coefficient (Wildman–Crippen LogP) is 0.674. The van der Waals surface area contributed by atoms with Crippen molar-refractivity contribution in [1.29, 1.82) is 0 Å². The van der Waals surface area contributed by atoms with Crippen molar-refractivity contribution in [3.05, 3.63) is 23.8 Å².